The van der Waals surface area contributed by atoms with Crippen LogP contribution in [0.2, 0.25) is 0 Å². The van der Waals surface area contributed by atoms with Crippen molar-refractivity contribution in [3.63, 3.8) is 0 Å². The quantitative estimate of drug-likeness (QED) is 0.205. The molecule has 0 radical (unpaired) electrons. The molecule has 45 heavy (non-hydrogen) atoms. The molecule has 5 nitrogen and oxygen atoms in total. The molecule has 5 heteroatoms. The summed E-state index contributed by atoms with van der Waals surface area (Å²) < 4.78 is 2.30. The van der Waals surface area contributed by atoms with Crippen LogP contribution in [-0.4, -0.2) is 19.5 Å². The number of hydrogen-bond donors (Lipinski definition) is 0. The standard InChI is InChI=1S/C40H25N5/c41-26-27-12-11-17-30(24-27)31-22-23-37(45-35-20-9-7-18-32(35)33-19-8-10-21-36(33)45)34(25-31)40-43-38(28-13-3-1-4-14-28)42-39(44-40)29-15-5-2-6-16-29/h1-25H. The van der Waals surface area contributed by atoms with Crippen LogP contribution < -0.4 is 0 Å². The Morgan fingerprint density at radius 2 is 0.956 bits per heavy atom. The van der Waals surface area contributed by atoms with E-state index in [4.69, 9.17) is 15.0 Å². The highest BCUT2D eigenvalue weighted by molar-refractivity contribution is 6.09. The Balaban J connectivity index is 1.46. The molecular weight excluding hydrogens is 550 g/mol. The molecule has 0 atom stereocenters. The predicted octanol–water partition coefficient (Wildman–Crippen LogP) is 9.51. The van der Waals surface area contributed by atoms with Gasteiger partial charge in [-0.05, 0) is 47.5 Å². The second kappa shape index (κ2) is 11.0. The normalized spacial score (nSPS) is 11.1. The number of hydrogen-bond acceptors (Lipinski definition) is 4. The summed E-state index contributed by atoms with van der Waals surface area (Å²) in [5.41, 5.74) is 8.36. The molecule has 6 aromatic carbocycles. The highest BCUT2D eigenvalue weighted by atomic mass is 15.1. The van der Waals surface area contributed by atoms with Gasteiger partial charge in [0.05, 0.1) is 28.4 Å². The van der Waals surface area contributed by atoms with Crippen LogP contribution in [0.5, 0.6) is 0 Å². The summed E-state index contributed by atoms with van der Waals surface area (Å²) in [6.45, 7) is 0. The van der Waals surface area contributed by atoms with E-state index in [2.05, 4.69) is 77.4 Å². The van der Waals surface area contributed by atoms with Crippen LogP contribution in [-0.2, 0) is 0 Å². The van der Waals surface area contributed by atoms with Crippen LogP contribution in [0.25, 0.3) is 72.8 Å². The largest absolute Gasteiger partial charge is 0.309 e. The third kappa shape index (κ3) is 4.71. The maximum absolute atomic E-state index is 9.61. The summed E-state index contributed by atoms with van der Waals surface area (Å²) in [5, 5.41) is 12.0. The number of nitrogens with zero attached hydrogens (tertiary/aromatic N) is 5. The van der Waals surface area contributed by atoms with E-state index in [-0.39, 0.29) is 0 Å². The Morgan fingerprint density at radius 1 is 0.444 bits per heavy atom. The molecular formula is C40H25N5. The monoisotopic (exact) mass is 575 g/mol. The van der Waals surface area contributed by atoms with Gasteiger partial charge in [0.15, 0.2) is 17.5 Å². The molecule has 0 aliphatic carbocycles. The van der Waals surface area contributed by atoms with Crippen molar-refractivity contribution in [2.45, 2.75) is 0 Å². The minimum Gasteiger partial charge on any atom is -0.309 e. The molecule has 0 unspecified atom stereocenters. The van der Waals surface area contributed by atoms with Gasteiger partial charge < -0.3 is 4.57 Å². The van der Waals surface area contributed by atoms with Gasteiger partial charge in [-0.15, -0.1) is 0 Å². The average Bonchev–Trinajstić information content (AvgIpc) is 3.46. The third-order valence-electron chi connectivity index (χ3n) is 8.08. The third-order valence-corrected chi connectivity index (χ3v) is 8.08. The average molecular weight is 576 g/mol. The molecule has 0 saturated heterocycles. The number of benzene rings is 6. The van der Waals surface area contributed by atoms with Crippen molar-refractivity contribution in [1.82, 2.24) is 19.5 Å². The van der Waals surface area contributed by atoms with Gasteiger partial charge in [-0.1, -0.05) is 115 Å². The number of nitriles is 1. The van der Waals surface area contributed by atoms with Gasteiger partial charge in [0, 0.05) is 27.5 Å². The molecule has 0 aliphatic rings. The molecule has 0 saturated carbocycles. The SMILES string of the molecule is N#Cc1cccc(-c2ccc(-n3c4ccccc4c4ccccc43)c(-c3nc(-c4ccccc4)nc(-c4ccccc4)n3)c2)c1. The number of para-hydroxylation sites is 2. The highest BCUT2D eigenvalue weighted by Gasteiger charge is 2.20. The summed E-state index contributed by atoms with van der Waals surface area (Å²) >= 11 is 0. The van der Waals surface area contributed by atoms with Crippen molar-refractivity contribution < 1.29 is 0 Å². The first-order valence-corrected chi connectivity index (χ1v) is 14.8. The van der Waals surface area contributed by atoms with E-state index in [0.29, 0.717) is 23.0 Å². The fraction of sp³-hybridized carbons (Fsp3) is 0. The van der Waals surface area contributed by atoms with Gasteiger partial charge in [0.2, 0.25) is 0 Å². The first kappa shape index (κ1) is 26.3. The molecule has 0 fully saturated rings. The second-order valence-electron chi connectivity index (χ2n) is 10.8. The topological polar surface area (TPSA) is 67.4 Å². The van der Waals surface area contributed by atoms with Gasteiger partial charge in [-0.25, -0.2) is 15.0 Å². The lowest BCUT2D eigenvalue weighted by Gasteiger charge is -2.16. The van der Waals surface area contributed by atoms with Gasteiger partial charge in [0.25, 0.3) is 0 Å². The van der Waals surface area contributed by atoms with E-state index in [1.807, 2.05) is 84.9 Å². The number of fused-ring (bicyclic) bond motifs is 3. The van der Waals surface area contributed by atoms with E-state index >= 15 is 0 Å². The number of aromatic nitrogens is 4. The summed E-state index contributed by atoms with van der Waals surface area (Å²) in [4.78, 5) is 15.2. The molecule has 8 rings (SSSR count). The molecule has 0 bridgehead atoms. The molecule has 2 heterocycles. The van der Waals surface area contributed by atoms with Gasteiger partial charge in [0.1, 0.15) is 0 Å². The first-order chi connectivity index (χ1) is 22.3. The molecule has 2 aromatic heterocycles. The summed E-state index contributed by atoms with van der Waals surface area (Å²) in [5.74, 6) is 1.77. The van der Waals surface area contributed by atoms with Crippen LogP contribution >= 0.6 is 0 Å². The molecule has 210 valence electrons. The lowest BCUT2D eigenvalue weighted by molar-refractivity contribution is 1.06. The van der Waals surface area contributed by atoms with E-state index in [1.54, 1.807) is 0 Å². The van der Waals surface area contributed by atoms with Crippen LogP contribution in [0.15, 0.2) is 152 Å². The van der Waals surface area contributed by atoms with Crippen molar-refractivity contribution in [3.05, 3.63) is 157 Å². The summed E-state index contributed by atoms with van der Waals surface area (Å²) in [7, 11) is 0. The zero-order chi connectivity index (χ0) is 30.2. The van der Waals surface area contributed by atoms with Crippen molar-refractivity contribution in [1.29, 1.82) is 5.26 Å². The molecule has 0 N–H and O–H groups in total. The maximum atomic E-state index is 9.61. The van der Waals surface area contributed by atoms with Crippen molar-refractivity contribution in [2.75, 3.05) is 0 Å². The Hall–Kier alpha value is -6.38. The Morgan fingerprint density at radius 3 is 1.56 bits per heavy atom. The Kier molecular flexibility index (Phi) is 6.44. The lowest BCUT2D eigenvalue weighted by atomic mass is 9.99. The molecule has 0 amide bonds. The fourth-order valence-electron chi connectivity index (χ4n) is 5.97. The van der Waals surface area contributed by atoms with Crippen LogP contribution in [0.3, 0.4) is 0 Å². The molecule has 0 aliphatic heterocycles. The summed E-state index contributed by atoms with van der Waals surface area (Å²) in [6.07, 6.45) is 0. The first-order valence-electron chi connectivity index (χ1n) is 14.8. The zero-order valence-electron chi connectivity index (χ0n) is 24.2. The summed E-state index contributed by atoms with van der Waals surface area (Å²) in [6, 6.07) is 53.3. The zero-order valence-corrected chi connectivity index (χ0v) is 24.2. The van der Waals surface area contributed by atoms with Gasteiger partial charge in [-0.2, -0.15) is 5.26 Å². The minimum atomic E-state index is 0.567. The van der Waals surface area contributed by atoms with Crippen LogP contribution in [0.1, 0.15) is 5.56 Å². The number of rotatable bonds is 5. The predicted molar refractivity (Wildman–Crippen MR) is 181 cm³/mol. The maximum Gasteiger partial charge on any atom is 0.166 e. The smallest absolute Gasteiger partial charge is 0.166 e. The van der Waals surface area contributed by atoms with Crippen molar-refractivity contribution >= 4 is 21.8 Å². The van der Waals surface area contributed by atoms with Gasteiger partial charge in [-0.3, -0.25) is 0 Å². The Bertz CT molecular complexity index is 2270. The van der Waals surface area contributed by atoms with E-state index in [1.165, 1.54) is 10.8 Å². The van der Waals surface area contributed by atoms with E-state index in [0.717, 1.165) is 44.5 Å². The fourth-order valence-corrected chi connectivity index (χ4v) is 5.97. The van der Waals surface area contributed by atoms with Crippen molar-refractivity contribution in [3.8, 4) is 57.0 Å². The van der Waals surface area contributed by atoms with Crippen molar-refractivity contribution in [2.24, 2.45) is 0 Å². The van der Waals surface area contributed by atoms with Crippen LogP contribution in [0.4, 0.5) is 0 Å². The molecule has 8 aromatic rings. The van der Waals surface area contributed by atoms with Crippen LogP contribution in [0, 0.1) is 11.3 Å². The lowest BCUT2D eigenvalue weighted by Crippen LogP contribution is -2.04. The highest BCUT2D eigenvalue weighted by Crippen LogP contribution is 2.38. The van der Waals surface area contributed by atoms with E-state index in [9.17, 15) is 5.26 Å². The molecule has 0 spiro atoms. The minimum absolute atomic E-state index is 0.567. The second-order valence-corrected chi connectivity index (χ2v) is 10.8. The van der Waals surface area contributed by atoms with Gasteiger partial charge >= 0.3 is 0 Å². The Labute approximate surface area is 260 Å². The van der Waals surface area contributed by atoms with E-state index < -0.39 is 0 Å².